The second-order valence-electron chi connectivity index (χ2n) is 11.1. The molecule has 6 aromatic carbocycles. The Labute approximate surface area is 269 Å². The van der Waals surface area contributed by atoms with Crippen molar-refractivity contribution >= 4 is 42.5 Å². The molecule has 9 aromatic rings. The largest absolute Gasteiger partial charge is 0.292 e. The third-order valence-electron chi connectivity index (χ3n) is 8.27. The molecular weight excluding hydrogens is 583 g/mol. The first kappa shape index (κ1) is 26.4. The van der Waals surface area contributed by atoms with Crippen LogP contribution in [0.4, 0.5) is 0 Å². The summed E-state index contributed by atoms with van der Waals surface area (Å²) in [5.41, 5.74) is 7.04. The van der Waals surface area contributed by atoms with Crippen LogP contribution < -0.4 is 0 Å². The number of benzene rings is 6. The van der Waals surface area contributed by atoms with E-state index in [1.54, 1.807) is 11.3 Å². The van der Waals surface area contributed by atoms with Gasteiger partial charge >= 0.3 is 0 Å². The van der Waals surface area contributed by atoms with E-state index in [4.69, 9.17) is 19.9 Å². The van der Waals surface area contributed by atoms with Crippen molar-refractivity contribution < 1.29 is 0 Å². The van der Waals surface area contributed by atoms with Gasteiger partial charge in [-0.1, -0.05) is 115 Å². The first-order chi connectivity index (χ1) is 22.8. The highest BCUT2D eigenvalue weighted by atomic mass is 32.1. The Hall–Kier alpha value is -5.98. The molecule has 0 saturated heterocycles. The molecule has 9 rings (SSSR count). The Morgan fingerprint density at radius 1 is 0.457 bits per heavy atom. The van der Waals surface area contributed by atoms with Crippen molar-refractivity contribution in [2.24, 2.45) is 0 Å². The molecule has 0 aliphatic rings. The Morgan fingerprint density at radius 3 is 1.76 bits per heavy atom. The fourth-order valence-electron chi connectivity index (χ4n) is 6.14. The van der Waals surface area contributed by atoms with Crippen molar-refractivity contribution in [3.63, 3.8) is 0 Å². The number of thiophene rings is 1. The minimum Gasteiger partial charge on any atom is -0.292 e. The predicted molar refractivity (Wildman–Crippen MR) is 189 cm³/mol. The van der Waals surface area contributed by atoms with Crippen molar-refractivity contribution in [3.8, 4) is 51.2 Å². The molecule has 5 nitrogen and oxygen atoms in total. The second-order valence-corrected chi connectivity index (χ2v) is 12.2. The van der Waals surface area contributed by atoms with Gasteiger partial charge in [-0.15, -0.1) is 11.3 Å². The van der Waals surface area contributed by atoms with E-state index in [2.05, 4.69) is 83.4 Å². The van der Waals surface area contributed by atoms with E-state index in [1.165, 1.54) is 9.40 Å². The molecule has 0 bridgehead atoms. The van der Waals surface area contributed by atoms with Crippen LogP contribution in [-0.2, 0) is 0 Å². The third-order valence-corrected chi connectivity index (χ3v) is 9.41. The second kappa shape index (κ2) is 10.9. The molecule has 6 heteroatoms. The molecule has 0 spiro atoms. The molecule has 0 aliphatic carbocycles. The maximum atomic E-state index is 5.07. The third kappa shape index (κ3) is 4.47. The predicted octanol–water partition coefficient (Wildman–Crippen LogP) is 10.2. The van der Waals surface area contributed by atoms with Crippen LogP contribution in [0, 0.1) is 0 Å². The van der Waals surface area contributed by atoms with E-state index in [9.17, 15) is 0 Å². The Balaban J connectivity index is 1.29. The highest BCUT2D eigenvalue weighted by Gasteiger charge is 2.19. The summed E-state index contributed by atoms with van der Waals surface area (Å²) >= 11 is 1.79. The molecule has 0 aliphatic heterocycles. The molecule has 3 aromatic heterocycles. The van der Waals surface area contributed by atoms with Crippen LogP contribution in [0.2, 0.25) is 0 Å². The number of aromatic nitrogens is 5. The fraction of sp³-hybridized carbons (Fsp3) is 0. The van der Waals surface area contributed by atoms with E-state index in [1.807, 2.05) is 72.8 Å². The summed E-state index contributed by atoms with van der Waals surface area (Å²) < 4.78 is 4.66. The molecule has 0 saturated carbocycles. The molecule has 0 radical (unpaired) electrons. The highest BCUT2D eigenvalue weighted by Crippen LogP contribution is 2.41. The van der Waals surface area contributed by atoms with Gasteiger partial charge in [0.2, 0.25) is 0 Å². The smallest absolute Gasteiger partial charge is 0.164 e. The van der Waals surface area contributed by atoms with Gasteiger partial charge in [0, 0.05) is 48.1 Å². The molecule has 0 unspecified atom stereocenters. The minimum absolute atomic E-state index is 0.652. The number of fused-ring (bicyclic) bond motifs is 4. The van der Waals surface area contributed by atoms with Crippen LogP contribution in [0.1, 0.15) is 0 Å². The zero-order valence-electron chi connectivity index (χ0n) is 24.6. The first-order valence-electron chi connectivity index (χ1n) is 15.2. The van der Waals surface area contributed by atoms with Gasteiger partial charge in [0.25, 0.3) is 0 Å². The quantitative estimate of drug-likeness (QED) is 0.195. The summed E-state index contributed by atoms with van der Waals surface area (Å²) in [6.45, 7) is 0. The van der Waals surface area contributed by atoms with Gasteiger partial charge in [-0.2, -0.15) is 0 Å². The minimum atomic E-state index is 0.652. The number of hydrogen-bond donors (Lipinski definition) is 0. The van der Waals surface area contributed by atoms with E-state index in [-0.39, 0.29) is 0 Å². The van der Waals surface area contributed by atoms with Gasteiger partial charge in [-0.3, -0.25) is 4.57 Å². The van der Waals surface area contributed by atoms with E-state index >= 15 is 0 Å². The van der Waals surface area contributed by atoms with Crippen LogP contribution in [0.25, 0.3) is 82.4 Å². The maximum Gasteiger partial charge on any atom is 0.164 e. The van der Waals surface area contributed by atoms with Crippen LogP contribution in [0.5, 0.6) is 0 Å². The lowest BCUT2D eigenvalue weighted by atomic mass is 10.0. The average molecular weight is 608 g/mol. The molecule has 0 N–H and O–H groups in total. The highest BCUT2D eigenvalue weighted by molar-refractivity contribution is 7.25. The zero-order valence-corrected chi connectivity index (χ0v) is 25.4. The van der Waals surface area contributed by atoms with Gasteiger partial charge in [-0.05, 0) is 36.4 Å². The number of imidazole rings is 1. The number of hydrogen-bond acceptors (Lipinski definition) is 5. The van der Waals surface area contributed by atoms with E-state index in [0.717, 1.165) is 55.6 Å². The molecule has 46 heavy (non-hydrogen) atoms. The standard InChI is InChI=1S/C40H25N5S/c1-4-13-26(14-5-1)37-42-38(27-15-6-2-7-16-27)44-39(43-37)30-19-12-22-35-36(30)31-25-29(23-24-34(31)46-35)45-33-21-11-10-20-32(33)41-40(45)28-17-8-3-9-18-28/h1-25H. The fourth-order valence-corrected chi connectivity index (χ4v) is 7.25. The van der Waals surface area contributed by atoms with Gasteiger partial charge in [0.1, 0.15) is 5.82 Å². The normalized spacial score (nSPS) is 11.5. The van der Waals surface area contributed by atoms with Gasteiger partial charge in [0.05, 0.1) is 11.0 Å². The van der Waals surface area contributed by atoms with Crippen LogP contribution >= 0.6 is 11.3 Å². The lowest BCUT2D eigenvalue weighted by Gasteiger charge is -2.11. The monoisotopic (exact) mass is 607 g/mol. The maximum absolute atomic E-state index is 5.07. The summed E-state index contributed by atoms with van der Waals surface area (Å²) in [7, 11) is 0. The molecule has 0 amide bonds. The van der Waals surface area contributed by atoms with Crippen molar-refractivity contribution in [2.45, 2.75) is 0 Å². The van der Waals surface area contributed by atoms with E-state index in [0.29, 0.717) is 17.5 Å². The SMILES string of the molecule is c1ccc(-c2nc(-c3ccccc3)nc(-c3cccc4sc5ccc(-n6c(-c7ccccc7)nc7ccccc76)cc5c34)n2)cc1. The first-order valence-corrected chi connectivity index (χ1v) is 16.0. The lowest BCUT2D eigenvalue weighted by molar-refractivity contribution is 1.08. The molecular formula is C40H25N5S. The number of rotatable bonds is 5. The van der Waals surface area contributed by atoms with Gasteiger partial charge in [-0.25, -0.2) is 19.9 Å². The number of nitrogens with zero attached hydrogens (tertiary/aromatic N) is 5. The summed E-state index contributed by atoms with van der Waals surface area (Å²) in [5, 5.41) is 2.30. The number of para-hydroxylation sites is 2. The summed E-state index contributed by atoms with van der Waals surface area (Å²) in [5.74, 6) is 2.87. The van der Waals surface area contributed by atoms with Crippen LogP contribution in [0.15, 0.2) is 152 Å². The summed E-state index contributed by atoms with van der Waals surface area (Å²) in [6, 6.07) is 52.1. The Kier molecular flexibility index (Phi) is 6.25. The van der Waals surface area contributed by atoms with Crippen molar-refractivity contribution in [1.82, 2.24) is 24.5 Å². The van der Waals surface area contributed by atoms with Crippen molar-refractivity contribution in [1.29, 1.82) is 0 Å². The zero-order chi connectivity index (χ0) is 30.5. The van der Waals surface area contributed by atoms with Crippen molar-refractivity contribution in [3.05, 3.63) is 152 Å². The average Bonchev–Trinajstić information content (AvgIpc) is 3.71. The van der Waals surface area contributed by atoms with Crippen molar-refractivity contribution in [2.75, 3.05) is 0 Å². The van der Waals surface area contributed by atoms with Gasteiger partial charge in [0.15, 0.2) is 17.5 Å². The Bertz CT molecular complexity index is 2460. The molecule has 0 fully saturated rings. The summed E-state index contributed by atoms with van der Waals surface area (Å²) in [6.07, 6.45) is 0. The topological polar surface area (TPSA) is 56.5 Å². The molecule has 0 atom stereocenters. The molecule has 3 heterocycles. The van der Waals surface area contributed by atoms with Crippen LogP contribution in [0.3, 0.4) is 0 Å². The van der Waals surface area contributed by atoms with E-state index < -0.39 is 0 Å². The molecule has 216 valence electrons. The van der Waals surface area contributed by atoms with Gasteiger partial charge < -0.3 is 0 Å². The lowest BCUT2D eigenvalue weighted by Crippen LogP contribution is -2.00. The van der Waals surface area contributed by atoms with Crippen LogP contribution in [-0.4, -0.2) is 24.5 Å². The Morgan fingerprint density at radius 2 is 1.07 bits per heavy atom. The summed E-state index contributed by atoms with van der Waals surface area (Å²) in [4.78, 5) is 20.1.